The molecule has 0 bridgehead atoms. The number of nitrogens with one attached hydrogen (secondary N) is 1. The van der Waals surface area contributed by atoms with Gasteiger partial charge in [0.25, 0.3) is 0 Å². The number of likely N-dealkylation sites (tertiary alicyclic amines) is 1. The van der Waals surface area contributed by atoms with E-state index < -0.39 is 0 Å². The summed E-state index contributed by atoms with van der Waals surface area (Å²) in [5.74, 6) is 0.979. The fourth-order valence-corrected chi connectivity index (χ4v) is 3.90. The van der Waals surface area contributed by atoms with Gasteiger partial charge in [0, 0.05) is 31.4 Å². The van der Waals surface area contributed by atoms with Gasteiger partial charge in [0.15, 0.2) is 0 Å². The summed E-state index contributed by atoms with van der Waals surface area (Å²) in [7, 11) is 2.03. The van der Waals surface area contributed by atoms with Gasteiger partial charge in [-0.1, -0.05) is 17.7 Å². The molecule has 0 unspecified atom stereocenters. The van der Waals surface area contributed by atoms with Crippen molar-refractivity contribution < 1.29 is 0 Å². The normalized spacial score (nSPS) is 19.4. The van der Waals surface area contributed by atoms with E-state index in [-0.39, 0.29) is 0 Å². The molecule has 1 aromatic carbocycles. The van der Waals surface area contributed by atoms with Crippen LogP contribution in [0.1, 0.15) is 36.8 Å². The van der Waals surface area contributed by atoms with E-state index in [2.05, 4.69) is 46.5 Å². The number of aromatic nitrogens is 2. The number of nitrogens with zero attached hydrogens (tertiary/aromatic N) is 3. The fraction of sp³-hybridized carbons (Fsp3) is 0.571. The minimum Gasteiger partial charge on any atom is -0.314 e. The molecule has 1 aromatic heterocycles. The molecule has 1 saturated carbocycles. The standard InChI is InChI=1S/C21H30N4/c1-16-3-6-18(20(13-16)21-7-10-23-24(21)2)15-25-11-8-19(9-12-25)22-14-17-4-5-17/h3,6-7,10,13,17,19,22H,4-5,8-9,11-12,14-15H2,1-2H3. The summed E-state index contributed by atoms with van der Waals surface area (Å²) in [5, 5.41) is 8.13. The largest absolute Gasteiger partial charge is 0.314 e. The molecule has 2 heterocycles. The molecule has 0 atom stereocenters. The quantitative estimate of drug-likeness (QED) is 0.877. The van der Waals surface area contributed by atoms with Crippen LogP contribution in [0.25, 0.3) is 11.3 Å². The van der Waals surface area contributed by atoms with Crippen molar-refractivity contribution in [2.45, 2.75) is 45.2 Å². The van der Waals surface area contributed by atoms with Crippen molar-refractivity contribution in [3.05, 3.63) is 41.6 Å². The monoisotopic (exact) mass is 338 g/mol. The van der Waals surface area contributed by atoms with Crippen LogP contribution in [-0.4, -0.2) is 40.4 Å². The van der Waals surface area contributed by atoms with Crippen LogP contribution in [0.2, 0.25) is 0 Å². The van der Waals surface area contributed by atoms with E-state index in [9.17, 15) is 0 Å². The van der Waals surface area contributed by atoms with Gasteiger partial charge in [0.05, 0.1) is 5.69 Å². The first-order valence-corrected chi connectivity index (χ1v) is 9.72. The molecular formula is C21H30N4. The molecule has 4 heteroatoms. The topological polar surface area (TPSA) is 33.1 Å². The van der Waals surface area contributed by atoms with Gasteiger partial charge >= 0.3 is 0 Å². The Hall–Kier alpha value is -1.65. The van der Waals surface area contributed by atoms with Gasteiger partial charge < -0.3 is 5.32 Å². The first kappa shape index (κ1) is 16.8. The molecule has 2 fully saturated rings. The zero-order chi connectivity index (χ0) is 17.2. The first-order valence-electron chi connectivity index (χ1n) is 9.72. The van der Waals surface area contributed by atoms with Crippen LogP contribution in [-0.2, 0) is 13.6 Å². The number of rotatable bonds is 6. The van der Waals surface area contributed by atoms with E-state index in [1.54, 1.807) is 0 Å². The Morgan fingerprint density at radius 1 is 1.12 bits per heavy atom. The molecule has 134 valence electrons. The van der Waals surface area contributed by atoms with Gasteiger partial charge in [-0.3, -0.25) is 9.58 Å². The Morgan fingerprint density at radius 3 is 2.60 bits per heavy atom. The van der Waals surface area contributed by atoms with Crippen molar-refractivity contribution in [1.29, 1.82) is 0 Å². The molecule has 2 aliphatic rings. The molecule has 0 radical (unpaired) electrons. The maximum atomic E-state index is 4.36. The van der Waals surface area contributed by atoms with Crippen LogP contribution in [0, 0.1) is 12.8 Å². The predicted molar refractivity (Wildman–Crippen MR) is 102 cm³/mol. The smallest absolute Gasteiger partial charge is 0.0682 e. The molecule has 0 amide bonds. The third-order valence-corrected chi connectivity index (χ3v) is 5.74. The van der Waals surface area contributed by atoms with E-state index in [0.717, 1.165) is 18.5 Å². The van der Waals surface area contributed by atoms with Crippen molar-refractivity contribution in [2.24, 2.45) is 13.0 Å². The average Bonchev–Trinajstić information content (AvgIpc) is 3.35. The zero-order valence-electron chi connectivity index (χ0n) is 15.5. The van der Waals surface area contributed by atoms with Crippen LogP contribution >= 0.6 is 0 Å². The van der Waals surface area contributed by atoms with Gasteiger partial charge in [-0.15, -0.1) is 0 Å². The summed E-state index contributed by atoms with van der Waals surface area (Å²) in [4.78, 5) is 2.61. The Kier molecular flexibility index (Phi) is 4.91. The molecule has 1 aliphatic carbocycles. The summed E-state index contributed by atoms with van der Waals surface area (Å²) in [6.45, 7) is 6.84. The highest BCUT2D eigenvalue weighted by Gasteiger charge is 2.24. The number of hydrogen-bond donors (Lipinski definition) is 1. The second-order valence-electron chi connectivity index (χ2n) is 7.90. The Labute approximate surface area is 151 Å². The molecular weight excluding hydrogens is 308 g/mol. The molecule has 1 aliphatic heterocycles. The van der Waals surface area contributed by atoms with Crippen LogP contribution in [0.3, 0.4) is 0 Å². The van der Waals surface area contributed by atoms with E-state index in [1.165, 1.54) is 67.7 Å². The van der Waals surface area contributed by atoms with E-state index in [1.807, 2.05) is 17.9 Å². The van der Waals surface area contributed by atoms with Crippen molar-refractivity contribution >= 4 is 0 Å². The predicted octanol–water partition coefficient (Wildman–Crippen LogP) is 3.36. The first-order chi connectivity index (χ1) is 12.2. The maximum Gasteiger partial charge on any atom is 0.0682 e. The second kappa shape index (κ2) is 7.30. The van der Waals surface area contributed by atoms with Gasteiger partial charge in [-0.2, -0.15) is 5.10 Å². The maximum absolute atomic E-state index is 4.36. The van der Waals surface area contributed by atoms with Gasteiger partial charge in [0.1, 0.15) is 0 Å². The van der Waals surface area contributed by atoms with Gasteiger partial charge in [-0.25, -0.2) is 0 Å². The third-order valence-electron chi connectivity index (χ3n) is 5.74. The third kappa shape index (κ3) is 4.13. The van der Waals surface area contributed by atoms with Crippen LogP contribution in [0.15, 0.2) is 30.5 Å². The minimum absolute atomic E-state index is 0.728. The molecule has 2 aromatic rings. The molecule has 4 rings (SSSR count). The highest BCUT2D eigenvalue weighted by Crippen LogP contribution is 2.29. The molecule has 4 nitrogen and oxygen atoms in total. The van der Waals surface area contributed by atoms with Crippen LogP contribution < -0.4 is 5.32 Å². The van der Waals surface area contributed by atoms with Gasteiger partial charge in [0.2, 0.25) is 0 Å². The van der Waals surface area contributed by atoms with Crippen molar-refractivity contribution in [2.75, 3.05) is 19.6 Å². The minimum atomic E-state index is 0.728. The SMILES string of the molecule is Cc1ccc(CN2CCC(NCC3CC3)CC2)c(-c2ccnn2C)c1. The van der Waals surface area contributed by atoms with Crippen molar-refractivity contribution in [3.8, 4) is 11.3 Å². The van der Waals surface area contributed by atoms with E-state index in [4.69, 9.17) is 0 Å². The average molecular weight is 338 g/mol. The fourth-order valence-electron chi connectivity index (χ4n) is 3.90. The summed E-state index contributed by atoms with van der Waals surface area (Å²) in [6.07, 6.45) is 7.32. The van der Waals surface area contributed by atoms with E-state index in [0.29, 0.717) is 0 Å². The highest BCUT2D eigenvalue weighted by molar-refractivity contribution is 5.64. The Morgan fingerprint density at radius 2 is 1.92 bits per heavy atom. The lowest BCUT2D eigenvalue weighted by Crippen LogP contribution is -2.42. The molecule has 1 N–H and O–H groups in total. The van der Waals surface area contributed by atoms with Gasteiger partial charge in [-0.05, 0) is 75.9 Å². The lowest BCUT2D eigenvalue weighted by atomic mass is 9.99. The summed E-state index contributed by atoms with van der Waals surface area (Å²) in [6, 6.07) is 9.68. The Balaban J connectivity index is 1.40. The van der Waals surface area contributed by atoms with Crippen LogP contribution in [0.5, 0.6) is 0 Å². The number of piperidine rings is 1. The number of hydrogen-bond acceptors (Lipinski definition) is 3. The lowest BCUT2D eigenvalue weighted by molar-refractivity contribution is 0.190. The zero-order valence-corrected chi connectivity index (χ0v) is 15.5. The summed E-state index contributed by atoms with van der Waals surface area (Å²) >= 11 is 0. The molecule has 25 heavy (non-hydrogen) atoms. The van der Waals surface area contributed by atoms with Crippen molar-refractivity contribution in [3.63, 3.8) is 0 Å². The molecule has 1 saturated heterocycles. The van der Waals surface area contributed by atoms with Crippen LogP contribution in [0.4, 0.5) is 0 Å². The number of benzene rings is 1. The highest BCUT2D eigenvalue weighted by atomic mass is 15.3. The molecule has 0 spiro atoms. The number of aryl methyl sites for hydroxylation is 2. The second-order valence-corrected chi connectivity index (χ2v) is 7.90. The summed E-state index contributed by atoms with van der Waals surface area (Å²) < 4.78 is 1.98. The lowest BCUT2D eigenvalue weighted by Gasteiger charge is -2.33. The summed E-state index contributed by atoms with van der Waals surface area (Å²) in [5.41, 5.74) is 5.26. The van der Waals surface area contributed by atoms with Crippen molar-refractivity contribution in [1.82, 2.24) is 20.0 Å². The Bertz CT molecular complexity index is 708. The van der Waals surface area contributed by atoms with E-state index >= 15 is 0 Å².